The summed E-state index contributed by atoms with van der Waals surface area (Å²) in [7, 11) is -1.98. The molecule has 0 unspecified atom stereocenters. The first-order chi connectivity index (χ1) is 11.0. The number of anilines is 1. The van der Waals surface area contributed by atoms with E-state index in [9.17, 15) is 8.42 Å². The highest BCUT2D eigenvalue weighted by Crippen LogP contribution is 2.11. The lowest BCUT2D eigenvalue weighted by Crippen LogP contribution is -2.35. The second-order valence-electron chi connectivity index (χ2n) is 5.03. The summed E-state index contributed by atoms with van der Waals surface area (Å²) in [6.45, 7) is 0.690. The van der Waals surface area contributed by atoms with Crippen molar-refractivity contribution in [3.63, 3.8) is 0 Å². The third-order valence-electron chi connectivity index (χ3n) is 3.24. The minimum absolute atomic E-state index is 0.197. The molecule has 0 aliphatic rings. The van der Waals surface area contributed by atoms with Crippen LogP contribution in [-0.4, -0.2) is 32.0 Å². The molecular weight excluding hydrogens is 334 g/mol. The lowest BCUT2D eigenvalue weighted by Gasteiger charge is -2.11. The molecule has 0 spiro atoms. The van der Waals surface area contributed by atoms with E-state index in [1.807, 2.05) is 53.5 Å². The van der Waals surface area contributed by atoms with E-state index in [2.05, 4.69) is 5.10 Å². The number of hydrogen-bond donors (Lipinski definition) is 1. The quantitative estimate of drug-likeness (QED) is 0.259. The molecule has 2 aromatic rings. The summed E-state index contributed by atoms with van der Waals surface area (Å²) in [6, 6.07) is 9.84. The lowest BCUT2D eigenvalue weighted by atomic mass is 10.3. The molecule has 0 bridgehead atoms. The van der Waals surface area contributed by atoms with E-state index in [0.717, 1.165) is 10.7 Å². The van der Waals surface area contributed by atoms with Gasteiger partial charge in [-0.3, -0.25) is 9.56 Å². The molecule has 1 heterocycles. The summed E-state index contributed by atoms with van der Waals surface area (Å²) >= 11 is 1.57. The Labute approximate surface area is 140 Å². The van der Waals surface area contributed by atoms with E-state index in [1.54, 1.807) is 22.6 Å². The highest BCUT2D eigenvalue weighted by Gasteiger charge is 2.11. The third-order valence-corrected chi connectivity index (χ3v) is 4.88. The van der Waals surface area contributed by atoms with Crippen molar-refractivity contribution in [3.05, 3.63) is 46.9 Å². The number of rotatable bonds is 8. The molecule has 2 rings (SSSR count). The van der Waals surface area contributed by atoms with Gasteiger partial charge in [-0.15, -0.1) is 0 Å². The largest absolute Gasteiger partial charge is 0.286 e. The van der Waals surface area contributed by atoms with Gasteiger partial charge in [0.25, 0.3) is 15.1 Å². The standard InChI is InChI=1S/C15H19N3O3S2/c1-17(14-7-3-2-4-8-14)16-13-15-18(10-11-22-15)9-5-6-12-23(19,20)21/h2-4,7-8,10-11,13H,5-6,9,12H2,1H3/p+1. The molecule has 0 aliphatic carbocycles. The maximum absolute atomic E-state index is 10.7. The van der Waals surface area contributed by atoms with Gasteiger partial charge in [-0.05, 0) is 18.6 Å². The summed E-state index contributed by atoms with van der Waals surface area (Å²) in [4.78, 5) is 0. The van der Waals surface area contributed by atoms with Crippen LogP contribution in [0.5, 0.6) is 0 Å². The van der Waals surface area contributed by atoms with Crippen LogP contribution in [-0.2, 0) is 16.7 Å². The van der Waals surface area contributed by atoms with Crippen molar-refractivity contribution in [2.24, 2.45) is 5.10 Å². The average Bonchev–Trinajstić information content (AvgIpc) is 2.96. The summed E-state index contributed by atoms with van der Waals surface area (Å²) in [5.41, 5.74) is 1.00. The van der Waals surface area contributed by atoms with Crippen LogP contribution in [0.15, 0.2) is 47.0 Å². The zero-order valence-corrected chi connectivity index (χ0v) is 14.5. The van der Waals surface area contributed by atoms with Crippen LogP contribution < -0.4 is 9.58 Å². The fourth-order valence-electron chi connectivity index (χ4n) is 2.02. The number of benzene rings is 1. The van der Waals surface area contributed by atoms with Crippen molar-refractivity contribution < 1.29 is 17.5 Å². The summed E-state index contributed by atoms with van der Waals surface area (Å²) < 4.78 is 32.1. The predicted octanol–water partition coefficient (Wildman–Crippen LogP) is 2.17. The van der Waals surface area contributed by atoms with Gasteiger partial charge in [0.2, 0.25) is 0 Å². The molecule has 0 radical (unpaired) electrons. The number of aromatic nitrogens is 1. The van der Waals surface area contributed by atoms with E-state index in [-0.39, 0.29) is 5.75 Å². The van der Waals surface area contributed by atoms with Crippen LogP contribution in [0.2, 0.25) is 0 Å². The minimum Gasteiger partial charge on any atom is -0.286 e. The first-order valence-corrected chi connectivity index (χ1v) is 9.69. The third kappa shape index (κ3) is 6.09. The van der Waals surface area contributed by atoms with Crippen molar-refractivity contribution in [1.82, 2.24) is 0 Å². The Morgan fingerprint density at radius 3 is 2.74 bits per heavy atom. The van der Waals surface area contributed by atoms with Crippen molar-refractivity contribution in [3.8, 4) is 0 Å². The van der Waals surface area contributed by atoms with Crippen molar-refractivity contribution in [1.29, 1.82) is 0 Å². The van der Waals surface area contributed by atoms with Crippen LogP contribution in [0.3, 0.4) is 0 Å². The molecule has 0 aliphatic heterocycles. The van der Waals surface area contributed by atoms with E-state index < -0.39 is 10.1 Å². The fourth-order valence-corrected chi connectivity index (χ4v) is 3.33. The SMILES string of the molecule is CN(N=Cc1scc[n+]1CCCCS(=O)(=O)O)c1ccccc1. The molecule has 23 heavy (non-hydrogen) atoms. The lowest BCUT2D eigenvalue weighted by molar-refractivity contribution is -0.693. The topological polar surface area (TPSA) is 73.8 Å². The summed E-state index contributed by atoms with van der Waals surface area (Å²) in [5, 5.41) is 9.17. The van der Waals surface area contributed by atoms with Crippen LogP contribution in [0.4, 0.5) is 5.69 Å². The molecule has 0 saturated carbocycles. The Balaban J connectivity index is 1.91. The van der Waals surface area contributed by atoms with Gasteiger partial charge in [0.05, 0.1) is 16.8 Å². The molecule has 6 nitrogen and oxygen atoms in total. The number of aryl methyl sites for hydroxylation is 1. The zero-order valence-electron chi connectivity index (χ0n) is 12.9. The van der Waals surface area contributed by atoms with E-state index in [1.165, 1.54) is 0 Å². The molecule has 1 aromatic heterocycles. The molecule has 0 atom stereocenters. The smallest absolute Gasteiger partial charge is 0.282 e. The van der Waals surface area contributed by atoms with Crippen LogP contribution in [0, 0.1) is 0 Å². The number of thiazole rings is 1. The Bertz CT molecular complexity index is 742. The van der Waals surface area contributed by atoms with Crippen LogP contribution in [0.25, 0.3) is 0 Å². The minimum atomic E-state index is -3.87. The van der Waals surface area contributed by atoms with Crippen molar-refractivity contribution >= 4 is 33.4 Å². The molecule has 8 heteroatoms. The monoisotopic (exact) mass is 354 g/mol. The maximum atomic E-state index is 10.7. The van der Waals surface area contributed by atoms with Crippen LogP contribution in [0.1, 0.15) is 17.8 Å². The first kappa shape index (κ1) is 17.6. The second-order valence-corrected chi connectivity index (χ2v) is 7.53. The molecule has 0 fully saturated rings. The first-order valence-electron chi connectivity index (χ1n) is 7.20. The van der Waals surface area contributed by atoms with Gasteiger partial charge in [0.15, 0.2) is 6.20 Å². The van der Waals surface area contributed by atoms with E-state index in [4.69, 9.17) is 4.55 Å². The second kappa shape index (κ2) is 8.19. The van der Waals surface area contributed by atoms with Crippen molar-refractivity contribution in [2.45, 2.75) is 19.4 Å². The highest BCUT2D eigenvalue weighted by atomic mass is 32.2. The fraction of sp³-hybridized carbons (Fsp3) is 0.333. The molecule has 0 saturated heterocycles. The van der Waals surface area contributed by atoms with Gasteiger partial charge in [0, 0.05) is 13.5 Å². The number of nitrogens with zero attached hydrogens (tertiary/aromatic N) is 3. The number of hydrogen-bond acceptors (Lipinski definition) is 5. The van der Waals surface area contributed by atoms with Gasteiger partial charge in [-0.1, -0.05) is 29.5 Å². The normalized spacial score (nSPS) is 11.9. The number of hydrazone groups is 1. The zero-order chi connectivity index (χ0) is 16.7. The van der Waals surface area contributed by atoms with Gasteiger partial charge < -0.3 is 0 Å². The Morgan fingerprint density at radius 1 is 1.30 bits per heavy atom. The van der Waals surface area contributed by atoms with Gasteiger partial charge >= 0.3 is 0 Å². The number of para-hydroxylation sites is 1. The van der Waals surface area contributed by atoms with Crippen molar-refractivity contribution in [2.75, 3.05) is 17.8 Å². The van der Waals surface area contributed by atoms with Crippen LogP contribution >= 0.6 is 11.3 Å². The van der Waals surface area contributed by atoms with Gasteiger partial charge in [-0.2, -0.15) is 18.1 Å². The molecule has 0 amide bonds. The average molecular weight is 354 g/mol. The maximum Gasteiger partial charge on any atom is 0.282 e. The molecule has 1 aromatic carbocycles. The molecule has 124 valence electrons. The summed E-state index contributed by atoms with van der Waals surface area (Å²) in [5.74, 6) is -0.197. The molecule has 1 N–H and O–H groups in total. The Kier molecular flexibility index (Phi) is 6.26. The highest BCUT2D eigenvalue weighted by molar-refractivity contribution is 7.85. The number of unbranched alkanes of at least 4 members (excludes halogenated alkanes) is 1. The summed E-state index contributed by atoms with van der Waals surface area (Å²) in [6.07, 6.45) is 4.85. The molecular formula is C15H20N3O3S2+. The van der Waals surface area contributed by atoms with Gasteiger partial charge in [-0.25, -0.2) is 0 Å². The van der Waals surface area contributed by atoms with E-state index >= 15 is 0 Å². The predicted molar refractivity (Wildman–Crippen MR) is 92.6 cm³/mol. The Morgan fingerprint density at radius 2 is 2.04 bits per heavy atom. The van der Waals surface area contributed by atoms with E-state index in [0.29, 0.717) is 19.4 Å². The Hall–Kier alpha value is -1.77. The van der Waals surface area contributed by atoms with Gasteiger partial charge in [0.1, 0.15) is 12.8 Å².